The number of hydrogen-bond acceptors (Lipinski definition) is 4. The van der Waals surface area contributed by atoms with Crippen molar-refractivity contribution in [3.8, 4) is 0 Å². The third kappa shape index (κ3) is 2.71. The minimum atomic E-state index is 0.0901. The molecule has 0 spiro atoms. The van der Waals surface area contributed by atoms with Gasteiger partial charge in [0.05, 0.1) is 12.1 Å². The highest BCUT2D eigenvalue weighted by atomic mass is 35.5. The number of nitrogens with zero attached hydrogens (tertiary/aromatic N) is 3. The molecule has 122 valence electrons. The van der Waals surface area contributed by atoms with Crippen LogP contribution in [0.25, 0.3) is 0 Å². The zero-order chi connectivity index (χ0) is 16.7. The van der Waals surface area contributed by atoms with E-state index in [1.165, 1.54) is 16.7 Å². The van der Waals surface area contributed by atoms with Crippen LogP contribution in [-0.4, -0.2) is 14.8 Å². The summed E-state index contributed by atoms with van der Waals surface area (Å²) in [5, 5.41) is 8.54. The number of aryl methyl sites for hydroxylation is 1. The van der Waals surface area contributed by atoms with Crippen molar-refractivity contribution in [3.05, 3.63) is 70.2 Å². The van der Waals surface area contributed by atoms with E-state index in [0.29, 0.717) is 5.95 Å². The van der Waals surface area contributed by atoms with E-state index in [-0.39, 0.29) is 18.0 Å². The zero-order valence-electron chi connectivity index (χ0n) is 13.3. The fourth-order valence-corrected chi connectivity index (χ4v) is 3.30. The van der Waals surface area contributed by atoms with E-state index in [0.717, 1.165) is 11.4 Å². The van der Waals surface area contributed by atoms with E-state index in [2.05, 4.69) is 46.6 Å². The molecule has 4 rings (SSSR count). The van der Waals surface area contributed by atoms with Gasteiger partial charge in [-0.15, -0.1) is 5.10 Å². The Kier molecular flexibility index (Phi) is 3.65. The van der Waals surface area contributed by atoms with Crippen LogP contribution in [0.15, 0.2) is 48.5 Å². The molecule has 24 heavy (non-hydrogen) atoms. The van der Waals surface area contributed by atoms with Gasteiger partial charge in [-0.2, -0.15) is 4.98 Å². The van der Waals surface area contributed by atoms with Gasteiger partial charge in [-0.3, -0.25) is 0 Å². The Morgan fingerprint density at radius 3 is 2.46 bits per heavy atom. The SMILES string of the molecule is Cc1ccc([C@H]2C[C@H](c3ccc(Cl)cc3)Nc3nc(N)nn32)cc1. The molecule has 0 unspecified atom stereocenters. The Hall–Kier alpha value is -2.53. The summed E-state index contributed by atoms with van der Waals surface area (Å²) in [6.45, 7) is 2.08. The summed E-state index contributed by atoms with van der Waals surface area (Å²) < 4.78 is 1.88. The number of halogens is 1. The molecule has 0 bridgehead atoms. The largest absolute Gasteiger partial charge is 0.366 e. The van der Waals surface area contributed by atoms with Crippen LogP contribution in [0.3, 0.4) is 0 Å². The summed E-state index contributed by atoms with van der Waals surface area (Å²) in [6, 6.07) is 16.7. The molecule has 0 fully saturated rings. The van der Waals surface area contributed by atoms with Gasteiger partial charge in [0.1, 0.15) is 0 Å². The third-order valence-corrected chi connectivity index (χ3v) is 4.69. The zero-order valence-corrected chi connectivity index (χ0v) is 14.0. The van der Waals surface area contributed by atoms with Crippen LogP contribution in [-0.2, 0) is 0 Å². The molecule has 0 amide bonds. The highest BCUT2D eigenvalue weighted by molar-refractivity contribution is 6.30. The Bertz CT molecular complexity index is 854. The molecule has 3 aromatic rings. The lowest BCUT2D eigenvalue weighted by Crippen LogP contribution is -2.28. The van der Waals surface area contributed by atoms with Crippen LogP contribution >= 0.6 is 11.6 Å². The van der Waals surface area contributed by atoms with Crippen molar-refractivity contribution in [2.24, 2.45) is 0 Å². The molecule has 3 N–H and O–H groups in total. The molecule has 2 heterocycles. The molecule has 0 radical (unpaired) electrons. The summed E-state index contributed by atoms with van der Waals surface area (Å²) in [5.41, 5.74) is 9.43. The second-order valence-corrected chi connectivity index (χ2v) is 6.59. The van der Waals surface area contributed by atoms with Crippen molar-refractivity contribution in [2.45, 2.75) is 25.4 Å². The Morgan fingerprint density at radius 1 is 1.08 bits per heavy atom. The minimum Gasteiger partial charge on any atom is -0.366 e. The molecule has 0 saturated carbocycles. The number of hydrogen-bond donors (Lipinski definition) is 2. The smallest absolute Gasteiger partial charge is 0.241 e. The molecule has 1 aliphatic rings. The van der Waals surface area contributed by atoms with Crippen LogP contribution in [0.1, 0.15) is 35.2 Å². The van der Waals surface area contributed by atoms with E-state index in [1.54, 1.807) is 0 Å². The van der Waals surface area contributed by atoms with Gasteiger partial charge < -0.3 is 11.1 Å². The first-order valence-corrected chi connectivity index (χ1v) is 8.28. The second-order valence-electron chi connectivity index (χ2n) is 6.15. The van der Waals surface area contributed by atoms with Gasteiger partial charge in [0.25, 0.3) is 0 Å². The number of fused-ring (bicyclic) bond motifs is 1. The Labute approximate surface area is 145 Å². The maximum absolute atomic E-state index is 6.01. The second kappa shape index (κ2) is 5.83. The van der Waals surface area contributed by atoms with Crippen LogP contribution in [0.2, 0.25) is 5.02 Å². The number of benzene rings is 2. The number of nitrogens with two attached hydrogens (primary N) is 1. The van der Waals surface area contributed by atoms with E-state index >= 15 is 0 Å². The van der Waals surface area contributed by atoms with E-state index < -0.39 is 0 Å². The standard InChI is InChI=1S/C18H18ClN5/c1-11-2-4-13(5-3-11)16-10-15(12-6-8-14(19)9-7-12)21-18-22-17(20)23-24(16)18/h2-9,15-16H,10H2,1H3,(H3,20,21,22,23)/t15-,16-/m1/s1. The molecule has 2 aromatic carbocycles. The summed E-state index contributed by atoms with van der Waals surface area (Å²) in [7, 11) is 0. The molecule has 0 aliphatic carbocycles. The van der Waals surface area contributed by atoms with Crippen LogP contribution in [0, 0.1) is 6.92 Å². The van der Waals surface area contributed by atoms with Gasteiger partial charge in [-0.25, -0.2) is 4.68 Å². The first-order chi connectivity index (χ1) is 11.6. The molecular formula is C18H18ClN5. The lowest BCUT2D eigenvalue weighted by atomic mass is 9.93. The average molecular weight is 340 g/mol. The number of nitrogen functional groups attached to an aromatic ring is 1. The lowest BCUT2D eigenvalue weighted by Gasteiger charge is -2.31. The number of rotatable bonds is 2. The average Bonchev–Trinajstić information content (AvgIpc) is 2.95. The Morgan fingerprint density at radius 2 is 1.75 bits per heavy atom. The van der Waals surface area contributed by atoms with Gasteiger partial charge in [0, 0.05) is 5.02 Å². The normalized spacial score (nSPS) is 19.6. The van der Waals surface area contributed by atoms with Crippen molar-refractivity contribution < 1.29 is 0 Å². The summed E-state index contributed by atoms with van der Waals surface area (Å²) in [6.07, 6.45) is 0.862. The van der Waals surface area contributed by atoms with Gasteiger partial charge in [-0.05, 0) is 36.6 Å². The highest BCUT2D eigenvalue weighted by Gasteiger charge is 2.30. The molecular weight excluding hydrogens is 322 g/mol. The first kappa shape index (κ1) is 15.0. The topological polar surface area (TPSA) is 68.8 Å². The number of aromatic nitrogens is 3. The van der Waals surface area contributed by atoms with E-state index in [9.17, 15) is 0 Å². The van der Waals surface area contributed by atoms with Crippen LogP contribution in [0.4, 0.5) is 11.9 Å². The number of nitrogens with one attached hydrogen (secondary N) is 1. The van der Waals surface area contributed by atoms with Gasteiger partial charge in [0.2, 0.25) is 11.9 Å². The maximum atomic E-state index is 6.01. The maximum Gasteiger partial charge on any atom is 0.241 e. The lowest BCUT2D eigenvalue weighted by molar-refractivity contribution is 0.431. The predicted molar refractivity (Wildman–Crippen MR) is 96.2 cm³/mol. The van der Waals surface area contributed by atoms with Crippen molar-refractivity contribution >= 4 is 23.5 Å². The fourth-order valence-electron chi connectivity index (χ4n) is 3.17. The predicted octanol–water partition coefficient (Wildman–Crippen LogP) is 3.97. The Balaban J connectivity index is 1.74. The summed E-state index contributed by atoms with van der Waals surface area (Å²) in [5.74, 6) is 0.982. The van der Waals surface area contributed by atoms with E-state index in [1.807, 2.05) is 28.9 Å². The summed E-state index contributed by atoms with van der Waals surface area (Å²) in [4.78, 5) is 4.33. The molecule has 1 aliphatic heterocycles. The first-order valence-electron chi connectivity index (χ1n) is 7.91. The van der Waals surface area contributed by atoms with Gasteiger partial charge >= 0.3 is 0 Å². The molecule has 1 aromatic heterocycles. The fraction of sp³-hybridized carbons (Fsp3) is 0.222. The molecule has 5 nitrogen and oxygen atoms in total. The minimum absolute atomic E-state index is 0.0901. The van der Waals surface area contributed by atoms with Crippen molar-refractivity contribution in [1.29, 1.82) is 0 Å². The molecule has 2 atom stereocenters. The number of anilines is 2. The molecule has 6 heteroatoms. The molecule has 0 saturated heterocycles. The quantitative estimate of drug-likeness (QED) is 0.741. The summed E-state index contributed by atoms with van der Waals surface area (Å²) >= 11 is 6.01. The van der Waals surface area contributed by atoms with E-state index in [4.69, 9.17) is 17.3 Å². The van der Waals surface area contributed by atoms with Crippen LogP contribution < -0.4 is 11.1 Å². The van der Waals surface area contributed by atoms with Gasteiger partial charge in [-0.1, -0.05) is 53.6 Å². The van der Waals surface area contributed by atoms with Crippen molar-refractivity contribution in [3.63, 3.8) is 0 Å². The van der Waals surface area contributed by atoms with Crippen LogP contribution in [0.5, 0.6) is 0 Å². The monoisotopic (exact) mass is 339 g/mol. The highest BCUT2D eigenvalue weighted by Crippen LogP contribution is 2.38. The van der Waals surface area contributed by atoms with Crippen molar-refractivity contribution in [1.82, 2.24) is 14.8 Å². The van der Waals surface area contributed by atoms with Gasteiger partial charge in [0.15, 0.2) is 0 Å². The van der Waals surface area contributed by atoms with Crippen molar-refractivity contribution in [2.75, 3.05) is 11.1 Å². The third-order valence-electron chi connectivity index (χ3n) is 4.44.